The van der Waals surface area contributed by atoms with Crippen LogP contribution in [0.3, 0.4) is 0 Å². The van der Waals surface area contributed by atoms with Crippen LogP contribution in [0.15, 0.2) is 42.5 Å². The molecule has 130 valence electrons. The van der Waals surface area contributed by atoms with Crippen LogP contribution >= 0.6 is 0 Å². The molecule has 1 N–H and O–H groups in total. The fourth-order valence-corrected chi connectivity index (χ4v) is 2.49. The second-order valence-corrected chi connectivity index (χ2v) is 6.32. The summed E-state index contributed by atoms with van der Waals surface area (Å²) < 4.78 is 10.6. The van der Waals surface area contributed by atoms with Gasteiger partial charge in [0.05, 0.1) is 0 Å². The van der Waals surface area contributed by atoms with Gasteiger partial charge in [-0.25, -0.2) is 0 Å². The van der Waals surface area contributed by atoms with Gasteiger partial charge in [0.25, 0.3) is 0 Å². The van der Waals surface area contributed by atoms with E-state index >= 15 is 0 Å². The first-order valence-corrected chi connectivity index (χ1v) is 8.73. The smallest absolute Gasteiger partial charge is 0.231 e. The molecule has 0 saturated heterocycles. The zero-order chi connectivity index (χ0) is 17.5. The molecule has 0 radical (unpaired) electrons. The lowest BCUT2D eigenvalue weighted by atomic mass is 9.98. The first-order valence-electron chi connectivity index (χ1n) is 8.73. The number of hydrogen-bond donors (Lipinski definition) is 1. The van der Waals surface area contributed by atoms with E-state index in [0.717, 1.165) is 24.3 Å². The summed E-state index contributed by atoms with van der Waals surface area (Å²) in [6, 6.07) is 13.6. The highest BCUT2D eigenvalue weighted by Gasteiger charge is 2.14. The van der Waals surface area contributed by atoms with Gasteiger partial charge >= 0.3 is 0 Å². The molecule has 24 heavy (non-hydrogen) atoms. The van der Waals surface area contributed by atoms with Gasteiger partial charge in [-0.05, 0) is 60.1 Å². The first-order chi connectivity index (χ1) is 11.5. The molecule has 2 atom stereocenters. The second-order valence-electron chi connectivity index (χ2n) is 6.32. The standard InChI is InChI=1S/C11H14O2.C10H14O/c1-3-8(2)9-4-5-10-11(6-9)13-7-12-10;1-3-8(2)9-4-6-10(11)7-5-9/h4-6,8H,3,7H2,1-2H3;4-8,11H,3H2,1-2H3. The molecule has 3 rings (SSSR count). The maximum atomic E-state index is 9.01. The van der Waals surface area contributed by atoms with E-state index in [1.807, 2.05) is 18.2 Å². The number of rotatable bonds is 4. The molecule has 2 aromatic rings. The average Bonchev–Trinajstić information content (AvgIpc) is 3.09. The summed E-state index contributed by atoms with van der Waals surface area (Å²) in [6.07, 6.45) is 2.30. The Labute approximate surface area is 145 Å². The summed E-state index contributed by atoms with van der Waals surface area (Å²) in [5.74, 6) is 3.28. The third-order valence-electron chi connectivity index (χ3n) is 4.65. The zero-order valence-corrected chi connectivity index (χ0v) is 15.1. The molecule has 1 aliphatic heterocycles. The molecule has 1 aliphatic rings. The van der Waals surface area contributed by atoms with Gasteiger partial charge in [0, 0.05) is 0 Å². The molecule has 2 unspecified atom stereocenters. The van der Waals surface area contributed by atoms with E-state index in [1.165, 1.54) is 11.1 Å². The molecule has 2 aromatic carbocycles. The molecule has 3 nitrogen and oxygen atoms in total. The Kier molecular flexibility index (Phi) is 6.53. The van der Waals surface area contributed by atoms with Gasteiger partial charge in [-0.1, -0.05) is 45.9 Å². The molecule has 0 fully saturated rings. The molecule has 0 amide bonds. The molecule has 1 heterocycles. The summed E-state index contributed by atoms with van der Waals surface area (Å²) in [5.41, 5.74) is 2.62. The van der Waals surface area contributed by atoms with E-state index in [2.05, 4.69) is 39.8 Å². The van der Waals surface area contributed by atoms with Crippen LogP contribution in [-0.4, -0.2) is 11.9 Å². The van der Waals surface area contributed by atoms with Gasteiger partial charge in [-0.15, -0.1) is 0 Å². The minimum absolute atomic E-state index is 0.344. The number of aromatic hydroxyl groups is 1. The fraction of sp³-hybridized carbons (Fsp3) is 0.429. The number of hydrogen-bond acceptors (Lipinski definition) is 3. The zero-order valence-electron chi connectivity index (χ0n) is 15.1. The highest BCUT2D eigenvalue weighted by atomic mass is 16.7. The third kappa shape index (κ3) is 4.67. The number of phenolic OH excluding ortho intramolecular Hbond substituents is 1. The van der Waals surface area contributed by atoms with Gasteiger partial charge in [0.15, 0.2) is 11.5 Å². The van der Waals surface area contributed by atoms with Crippen LogP contribution in [0.5, 0.6) is 17.2 Å². The minimum atomic E-state index is 0.344. The van der Waals surface area contributed by atoms with Crippen molar-refractivity contribution in [3.05, 3.63) is 53.6 Å². The maximum absolute atomic E-state index is 9.01. The van der Waals surface area contributed by atoms with Crippen molar-refractivity contribution in [3.8, 4) is 17.2 Å². The minimum Gasteiger partial charge on any atom is -0.508 e. The van der Waals surface area contributed by atoms with Crippen LogP contribution in [0.2, 0.25) is 0 Å². The van der Waals surface area contributed by atoms with Gasteiger partial charge in [0.1, 0.15) is 5.75 Å². The van der Waals surface area contributed by atoms with E-state index in [-0.39, 0.29) is 0 Å². The monoisotopic (exact) mass is 328 g/mol. The SMILES string of the molecule is CCC(C)c1ccc(O)cc1.CCC(C)c1ccc2c(c1)OCO2. The molecular weight excluding hydrogens is 300 g/mol. The molecule has 3 heteroatoms. The van der Waals surface area contributed by atoms with Crippen molar-refractivity contribution in [2.45, 2.75) is 52.4 Å². The Morgan fingerprint density at radius 1 is 0.833 bits per heavy atom. The summed E-state index contributed by atoms with van der Waals surface area (Å²) in [7, 11) is 0. The van der Waals surface area contributed by atoms with Crippen LogP contribution in [0.1, 0.15) is 63.5 Å². The van der Waals surface area contributed by atoms with Crippen LogP contribution in [-0.2, 0) is 0 Å². The van der Waals surface area contributed by atoms with Crippen LogP contribution in [0.25, 0.3) is 0 Å². The number of phenols is 1. The van der Waals surface area contributed by atoms with E-state index in [9.17, 15) is 0 Å². The number of fused-ring (bicyclic) bond motifs is 1. The van der Waals surface area contributed by atoms with Crippen molar-refractivity contribution >= 4 is 0 Å². The van der Waals surface area contributed by atoms with Crippen molar-refractivity contribution < 1.29 is 14.6 Å². The average molecular weight is 328 g/mol. The van der Waals surface area contributed by atoms with E-state index < -0.39 is 0 Å². The van der Waals surface area contributed by atoms with Crippen molar-refractivity contribution in [2.24, 2.45) is 0 Å². The normalized spacial score (nSPS) is 14.5. The van der Waals surface area contributed by atoms with E-state index in [1.54, 1.807) is 12.1 Å². The molecular formula is C21H28O3. The Hall–Kier alpha value is -2.16. The maximum Gasteiger partial charge on any atom is 0.231 e. The summed E-state index contributed by atoms with van der Waals surface area (Å²) in [4.78, 5) is 0. The van der Waals surface area contributed by atoms with Crippen LogP contribution < -0.4 is 9.47 Å². The predicted octanol–water partition coefficient (Wildman–Crippen LogP) is 5.83. The Bertz CT molecular complexity index is 634. The molecule has 0 aromatic heterocycles. The van der Waals surface area contributed by atoms with Crippen molar-refractivity contribution in [1.29, 1.82) is 0 Å². The van der Waals surface area contributed by atoms with Crippen LogP contribution in [0.4, 0.5) is 0 Å². The summed E-state index contributed by atoms with van der Waals surface area (Å²) in [6.45, 7) is 9.12. The quantitative estimate of drug-likeness (QED) is 0.767. The number of ether oxygens (including phenoxy) is 2. The highest BCUT2D eigenvalue weighted by molar-refractivity contribution is 5.45. The Morgan fingerprint density at radius 2 is 1.38 bits per heavy atom. The lowest BCUT2D eigenvalue weighted by molar-refractivity contribution is 0.174. The fourth-order valence-electron chi connectivity index (χ4n) is 2.49. The Balaban J connectivity index is 0.000000177. The van der Waals surface area contributed by atoms with Gasteiger partial charge < -0.3 is 14.6 Å². The Morgan fingerprint density at radius 3 is 2.00 bits per heavy atom. The highest BCUT2D eigenvalue weighted by Crippen LogP contribution is 2.35. The lowest BCUT2D eigenvalue weighted by Crippen LogP contribution is -1.93. The van der Waals surface area contributed by atoms with Gasteiger partial charge in [-0.3, -0.25) is 0 Å². The third-order valence-corrected chi connectivity index (χ3v) is 4.65. The summed E-state index contributed by atoms with van der Waals surface area (Å²) >= 11 is 0. The van der Waals surface area contributed by atoms with Gasteiger partial charge in [-0.2, -0.15) is 0 Å². The molecule has 0 spiro atoms. The molecule has 0 saturated carbocycles. The topological polar surface area (TPSA) is 38.7 Å². The van der Waals surface area contributed by atoms with Crippen molar-refractivity contribution in [2.75, 3.05) is 6.79 Å². The second kappa shape index (κ2) is 8.62. The molecule has 0 aliphatic carbocycles. The lowest BCUT2D eigenvalue weighted by Gasteiger charge is -2.08. The van der Waals surface area contributed by atoms with Crippen molar-refractivity contribution in [1.82, 2.24) is 0 Å². The molecule has 0 bridgehead atoms. The largest absolute Gasteiger partial charge is 0.508 e. The van der Waals surface area contributed by atoms with E-state index in [4.69, 9.17) is 14.6 Å². The first kappa shape index (κ1) is 18.2. The van der Waals surface area contributed by atoms with Crippen LogP contribution in [0, 0.1) is 0 Å². The van der Waals surface area contributed by atoms with Crippen molar-refractivity contribution in [3.63, 3.8) is 0 Å². The summed E-state index contributed by atoms with van der Waals surface area (Å²) in [5, 5.41) is 9.01. The number of benzene rings is 2. The predicted molar refractivity (Wildman–Crippen MR) is 98.1 cm³/mol. The van der Waals surface area contributed by atoms with Gasteiger partial charge in [0.2, 0.25) is 6.79 Å². The van der Waals surface area contributed by atoms with E-state index in [0.29, 0.717) is 24.4 Å².